The lowest BCUT2D eigenvalue weighted by Gasteiger charge is -2.26. The van der Waals surface area contributed by atoms with Crippen LogP contribution in [0.15, 0.2) is 72.8 Å². The molecule has 3 aromatic carbocycles. The van der Waals surface area contributed by atoms with E-state index in [1.54, 1.807) is 47.2 Å². The smallest absolute Gasteiger partial charge is 0.256 e. The Morgan fingerprint density at radius 3 is 2.62 bits per heavy atom. The molecule has 1 N–H and O–H groups in total. The lowest BCUT2D eigenvalue weighted by molar-refractivity contribution is -0.122. The van der Waals surface area contributed by atoms with Crippen molar-refractivity contribution in [3.05, 3.63) is 89.5 Å². The molecule has 34 heavy (non-hydrogen) atoms. The van der Waals surface area contributed by atoms with E-state index in [-0.39, 0.29) is 17.7 Å². The monoisotopic (exact) mass is 455 g/mol. The van der Waals surface area contributed by atoms with Crippen LogP contribution in [0.3, 0.4) is 0 Å². The predicted octanol–water partition coefficient (Wildman–Crippen LogP) is 4.10. The van der Waals surface area contributed by atoms with Crippen molar-refractivity contribution in [3.8, 4) is 5.75 Å². The number of carbonyl (C=O) groups is 3. The number of rotatable bonds is 5. The Labute approximate surface area is 197 Å². The van der Waals surface area contributed by atoms with Gasteiger partial charge in [0.15, 0.2) is 0 Å². The van der Waals surface area contributed by atoms with Crippen molar-refractivity contribution in [2.45, 2.75) is 25.4 Å². The Balaban J connectivity index is 1.36. The van der Waals surface area contributed by atoms with Gasteiger partial charge >= 0.3 is 0 Å². The highest BCUT2D eigenvalue weighted by Gasteiger charge is 2.41. The molecule has 0 saturated carbocycles. The molecule has 3 aromatic rings. The van der Waals surface area contributed by atoms with Crippen LogP contribution in [0.5, 0.6) is 5.75 Å². The minimum atomic E-state index is -0.423. The largest absolute Gasteiger partial charge is 0.497 e. The molecule has 0 aliphatic carbocycles. The SMILES string of the molecule is COc1cccc(NC(=O)c2ccc(CN3C(=O)C4CCCN4C(=O)c4ccccc43)cc2)c1. The summed E-state index contributed by atoms with van der Waals surface area (Å²) in [4.78, 5) is 42.6. The van der Waals surface area contributed by atoms with E-state index in [0.29, 0.717) is 47.8 Å². The molecule has 172 valence electrons. The lowest BCUT2D eigenvalue weighted by atomic mass is 10.1. The third-order valence-electron chi connectivity index (χ3n) is 6.37. The van der Waals surface area contributed by atoms with Crippen molar-refractivity contribution in [2.24, 2.45) is 0 Å². The molecule has 1 atom stereocenters. The highest BCUT2D eigenvalue weighted by Crippen LogP contribution is 2.33. The molecule has 3 amide bonds. The summed E-state index contributed by atoms with van der Waals surface area (Å²) in [5, 5.41) is 2.87. The standard InChI is InChI=1S/C27H25N3O4/c1-34-21-7-4-6-20(16-21)28-25(31)19-13-11-18(12-14-19)17-30-23-9-3-2-8-22(23)26(32)29-15-5-10-24(29)27(30)33/h2-4,6-9,11-14,16,24H,5,10,15,17H2,1H3,(H,28,31). The van der Waals surface area contributed by atoms with Crippen LogP contribution in [-0.4, -0.2) is 42.3 Å². The second-order valence-corrected chi connectivity index (χ2v) is 8.48. The van der Waals surface area contributed by atoms with Gasteiger partial charge in [0, 0.05) is 23.9 Å². The van der Waals surface area contributed by atoms with E-state index in [1.807, 2.05) is 42.5 Å². The number of nitrogens with one attached hydrogen (secondary N) is 1. The highest BCUT2D eigenvalue weighted by atomic mass is 16.5. The van der Waals surface area contributed by atoms with Gasteiger partial charge in [-0.2, -0.15) is 0 Å². The summed E-state index contributed by atoms with van der Waals surface area (Å²) in [5.74, 6) is 0.284. The van der Waals surface area contributed by atoms with Crippen LogP contribution < -0.4 is 15.0 Å². The van der Waals surface area contributed by atoms with Gasteiger partial charge in [-0.15, -0.1) is 0 Å². The fourth-order valence-electron chi connectivity index (χ4n) is 4.62. The number of benzene rings is 3. The van der Waals surface area contributed by atoms with E-state index < -0.39 is 6.04 Å². The van der Waals surface area contributed by atoms with Gasteiger partial charge in [-0.05, 0) is 54.8 Å². The zero-order chi connectivity index (χ0) is 23.7. The molecule has 0 spiro atoms. The van der Waals surface area contributed by atoms with E-state index >= 15 is 0 Å². The number of ether oxygens (including phenoxy) is 1. The molecule has 2 aliphatic rings. The number of methoxy groups -OCH3 is 1. The first kappa shape index (κ1) is 21.7. The maximum absolute atomic E-state index is 13.4. The maximum atomic E-state index is 13.4. The number of para-hydroxylation sites is 1. The van der Waals surface area contributed by atoms with Crippen LogP contribution in [0, 0.1) is 0 Å². The van der Waals surface area contributed by atoms with Crippen molar-refractivity contribution >= 4 is 29.1 Å². The van der Waals surface area contributed by atoms with Gasteiger partial charge < -0.3 is 19.9 Å². The molecule has 5 rings (SSSR count). The van der Waals surface area contributed by atoms with Crippen molar-refractivity contribution in [2.75, 3.05) is 23.9 Å². The number of fused-ring (bicyclic) bond motifs is 2. The van der Waals surface area contributed by atoms with Crippen molar-refractivity contribution < 1.29 is 19.1 Å². The Kier molecular flexibility index (Phi) is 5.76. The number of hydrogen-bond donors (Lipinski definition) is 1. The van der Waals surface area contributed by atoms with Crippen LogP contribution in [0.2, 0.25) is 0 Å². The first-order chi connectivity index (χ1) is 16.5. The highest BCUT2D eigenvalue weighted by molar-refractivity contribution is 6.11. The summed E-state index contributed by atoms with van der Waals surface area (Å²) in [5.41, 5.74) is 3.21. The van der Waals surface area contributed by atoms with Gasteiger partial charge in [-0.3, -0.25) is 14.4 Å². The normalized spacial score (nSPS) is 17.1. The number of anilines is 2. The summed E-state index contributed by atoms with van der Waals surface area (Å²) in [6.07, 6.45) is 1.51. The number of hydrogen-bond acceptors (Lipinski definition) is 4. The molecule has 0 bridgehead atoms. The van der Waals surface area contributed by atoms with Gasteiger partial charge in [-0.1, -0.05) is 30.3 Å². The molecule has 7 nitrogen and oxygen atoms in total. The van der Waals surface area contributed by atoms with Gasteiger partial charge in [0.25, 0.3) is 11.8 Å². The second kappa shape index (κ2) is 9.02. The molecule has 0 aromatic heterocycles. The summed E-state index contributed by atoms with van der Waals surface area (Å²) in [7, 11) is 1.58. The average molecular weight is 456 g/mol. The Morgan fingerprint density at radius 1 is 1.03 bits per heavy atom. The second-order valence-electron chi connectivity index (χ2n) is 8.48. The first-order valence-corrected chi connectivity index (χ1v) is 11.3. The van der Waals surface area contributed by atoms with E-state index in [1.165, 1.54) is 0 Å². The number of nitrogens with zero attached hydrogens (tertiary/aromatic N) is 2. The fraction of sp³-hybridized carbons (Fsp3) is 0.222. The molecule has 1 unspecified atom stereocenters. The topological polar surface area (TPSA) is 79.0 Å². The van der Waals surface area contributed by atoms with E-state index in [9.17, 15) is 14.4 Å². The number of amides is 3. The molecule has 2 heterocycles. The third kappa shape index (κ3) is 4.01. The molecular formula is C27H25N3O4. The molecule has 2 aliphatic heterocycles. The summed E-state index contributed by atoms with van der Waals surface area (Å²) in [6.45, 7) is 0.930. The Morgan fingerprint density at radius 2 is 1.82 bits per heavy atom. The minimum absolute atomic E-state index is 0.0596. The number of carbonyl (C=O) groups excluding carboxylic acids is 3. The first-order valence-electron chi connectivity index (χ1n) is 11.3. The van der Waals surface area contributed by atoms with Gasteiger partial charge in [0.1, 0.15) is 11.8 Å². The van der Waals surface area contributed by atoms with Gasteiger partial charge in [0.2, 0.25) is 5.91 Å². The summed E-state index contributed by atoms with van der Waals surface area (Å²) >= 11 is 0. The zero-order valence-electron chi connectivity index (χ0n) is 18.9. The average Bonchev–Trinajstić information content (AvgIpc) is 3.34. The van der Waals surface area contributed by atoms with E-state index in [0.717, 1.165) is 12.0 Å². The minimum Gasteiger partial charge on any atom is -0.497 e. The summed E-state index contributed by atoms with van der Waals surface area (Å²) < 4.78 is 5.20. The molecular weight excluding hydrogens is 430 g/mol. The van der Waals surface area contributed by atoms with Crippen LogP contribution >= 0.6 is 0 Å². The predicted molar refractivity (Wildman–Crippen MR) is 129 cm³/mol. The van der Waals surface area contributed by atoms with Crippen LogP contribution in [0.1, 0.15) is 39.1 Å². The van der Waals surface area contributed by atoms with E-state index in [2.05, 4.69) is 5.32 Å². The van der Waals surface area contributed by atoms with Crippen LogP contribution in [0.25, 0.3) is 0 Å². The van der Waals surface area contributed by atoms with Crippen LogP contribution in [-0.2, 0) is 11.3 Å². The van der Waals surface area contributed by atoms with Crippen LogP contribution in [0.4, 0.5) is 11.4 Å². The van der Waals surface area contributed by atoms with Crippen molar-refractivity contribution in [1.29, 1.82) is 0 Å². The molecule has 1 fully saturated rings. The Bertz CT molecular complexity index is 1250. The third-order valence-corrected chi connectivity index (χ3v) is 6.37. The lowest BCUT2D eigenvalue weighted by Crippen LogP contribution is -2.44. The van der Waals surface area contributed by atoms with Crippen molar-refractivity contribution in [3.63, 3.8) is 0 Å². The van der Waals surface area contributed by atoms with Gasteiger partial charge in [-0.25, -0.2) is 0 Å². The Hall–Kier alpha value is -4.13. The molecule has 0 radical (unpaired) electrons. The fourth-order valence-corrected chi connectivity index (χ4v) is 4.62. The molecule has 1 saturated heterocycles. The van der Waals surface area contributed by atoms with Gasteiger partial charge in [0.05, 0.1) is 24.9 Å². The zero-order valence-corrected chi connectivity index (χ0v) is 18.9. The van der Waals surface area contributed by atoms with E-state index in [4.69, 9.17) is 4.74 Å². The quantitative estimate of drug-likeness (QED) is 0.628. The maximum Gasteiger partial charge on any atom is 0.256 e. The molecule has 7 heteroatoms. The van der Waals surface area contributed by atoms with Crippen molar-refractivity contribution in [1.82, 2.24) is 4.90 Å². The summed E-state index contributed by atoms with van der Waals surface area (Å²) in [6, 6.07) is 21.2.